The SMILES string of the molecule is CN1CC(CN)CC1c1cn(C)c2ccccc12. The number of fused-ring (bicyclic) bond motifs is 1. The lowest BCUT2D eigenvalue weighted by Gasteiger charge is -2.18. The summed E-state index contributed by atoms with van der Waals surface area (Å²) in [5.41, 5.74) is 8.59. The van der Waals surface area contributed by atoms with Gasteiger partial charge in [-0.05, 0) is 37.6 Å². The Labute approximate surface area is 108 Å². The molecule has 2 unspecified atom stereocenters. The van der Waals surface area contributed by atoms with E-state index < -0.39 is 0 Å². The summed E-state index contributed by atoms with van der Waals surface area (Å²) in [7, 11) is 4.34. The Morgan fingerprint density at radius 2 is 2.06 bits per heavy atom. The van der Waals surface area contributed by atoms with Gasteiger partial charge in [-0.15, -0.1) is 0 Å². The van der Waals surface area contributed by atoms with Crippen molar-refractivity contribution in [1.29, 1.82) is 0 Å². The molecule has 96 valence electrons. The third kappa shape index (κ3) is 1.74. The maximum absolute atomic E-state index is 5.82. The monoisotopic (exact) mass is 243 g/mol. The van der Waals surface area contributed by atoms with Crippen molar-refractivity contribution in [3.05, 3.63) is 36.0 Å². The lowest BCUT2D eigenvalue weighted by molar-refractivity contribution is 0.315. The van der Waals surface area contributed by atoms with Crippen molar-refractivity contribution < 1.29 is 0 Å². The van der Waals surface area contributed by atoms with Gasteiger partial charge in [0.1, 0.15) is 0 Å². The van der Waals surface area contributed by atoms with Crippen LogP contribution in [0.15, 0.2) is 30.5 Å². The highest BCUT2D eigenvalue weighted by molar-refractivity contribution is 5.84. The Bertz CT molecular complexity index is 558. The van der Waals surface area contributed by atoms with Crippen LogP contribution in [0.3, 0.4) is 0 Å². The third-order valence-corrected chi connectivity index (χ3v) is 4.25. The molecule has 18 heavy (non-hydrogen) atoms. The zero-order valence-corrected chi connectivity index (χ0v) is 11.1. The maximum Gasteiger partial charge on any atom is 0.0481 e. The van der Waals surface area contributed by atoms with Crippen molar-refractivity contribution >= 4 is 10.9 Å². The van der Waals surface area contributed by atoms with Gasteiger partial charge in [-0.3, -0.25) is 4.90 Å². The molecule has 0 radical (unpaired) electrons. The molecule has 1 aromatic heterocycles. The predicted molar refractivity (Wildman–Crippen MR) is 75.5 cm³/mol. The van der Waals surface area contributed by atoms with Crippen molar-refractivity contribution in [2.24, 2.45) is 18.7 Å². The zero-order chi connectivity index (χ0) is 12.7. The molecule has 2 atom stereocenters. The second kappa shape index (κ2) is 4.41. The van der Waals surface area contributed by atoms with Crippen LogP contribution >= 0.6 is 0 Å². The molecule has 0 bridgehead atoms. The van der Waals surface area contributed by atoms with Gasteiger partial charge >= 0.3 is 0 Å². The van der Waals surface area contributed by atoms with Crippen LogP contribution in [-0.4, -0.2) is 29.6 Å². The van der Waals surface area contributed by atoms with E-state index in [1.807, 2.05) is 0 Å². The van der Waals surface area contributed by atoms with Crippen LogP contribution in [0.2, 0.25) is 0 Å². The average molecular weight is 243 g/mol. The van der Waals surface area contributed by atoms with Crippen LogP contribution in [0.25, 0.3) is 10.9 Å². The van der Waals surface area contributed by atoms with E-state index in [1.54, 1.807) is 0 Å². The summed E-state index contributed by atoms with van der Waals surface area (Å²) >= 11 is 0. The van der Waals surface area contributed by atoms with Gasteiger partial charge in [0.15, 0.2) is 0 Å². The number of aryl methyl sites for hydroxylation is 1. The van der Waals surface area contributed by atoms with Gasteiger partial charge in [0.25, 0.3) is 0 Å². The maximum atomic E-state index is 5.82. The number of para-hydroxylation sites is 1. The van der Waals surface area contributed by atoms with E-state index in [1.165, 1.54) is 22.9 Å². The van der Waals surface area contributed by atoms with Gasteiger partial charge in [0.2, 0.25) is 0 Å². The summed E-state index contributed by atoms with van der Waals surface area (Å²) in [5.74, 6) is 0.638. The number of benzene rings is 1. The topological polar surface area (TPSA) is 34.2 Å². The summed E-state index contributed by atoms with van der Waals surface area (Å²) in [4.78, 5) is 2.44. The fraction of sp³-hybridized carbons (Fsp3) is 0.467. The lowest BCUT2D eigenvalue weighted by atomic mass is 9.99. The minimum atomic E-state index is 0.518. The van der Waals surface area contributed by atoms with Gasteiger partial charge in [0, 0.05) is 36.7 Å². The second-order valence-corrected chi connectivity index (χ2v) is 5.51. The van der Waals surface area contributed by atoms with Crippen molar-refractivity contribution in [3.63, 3.8) is 0 Å². The van der Waals surface area contributed by atoms with Gasteiger partial charge in [-0.25, -0.2) is 0 Å². The van der Waals surface area contributed by atoms with Crippen LogP contribution in [-0.2, 0) is 7.05 Å². The minimum absolute atomic E-state index is 0.518. The number of likely N-dealkylation sites (tertiary alicyclic amines) is 1. The smallest absolute Gasteiger partial charge is 0.0481 e. The Morgan fingerprint density at radius 1 is 1.28 bits per heavy atom. The summed E-state index contributed by atoms with van der Waals surface area (Å²) < 4.78 is 2.23. The number of hydrogen-bond acceptors (Lipinski definition) is 2. The zero-order valence-electron chi connectivity index (χ0n) is 11.1. The van der Waals surface area contributed by atoms with Crippen LogP contribution in [0.1, 0.15) is 18.0 Å². The molecule has 1 aliphatic rings. The first-order chi connectivity index (χ1) is 8.70. The highest BCUT2D eigenvalue weighted by Gasteiger charge is 2.31. The van der Waals surface area contributed by atoms with E-state index >= 15 is 0 Å². The molecule has 0 saturated carbocycles. The quantitative estimate of drug-likeness (QED) is 0.876. The highest BCUT2D eigenvalue weighted by Crippen LogP contribution is 2.37. The van der Waals surface area contributed by atoms with Crippen molar-refractivity contribution in [2.75, 3.05) is 20.1 Å². The summed E-state index contributed by atoms with van der Waals surface area (Å²) in [5, 5.41) is 1.38. The van der Waals surface area contributed by atoms with E-state index in [-0.39, 0.29) is 0 Å². The molecule has 1 fully saturated rings. The molecule has 3 heteroatoms. The lowest BCUT2D eigenvalue weighted by Crippen LogP contribution is -2.20. The van der Waals surface area contributed by atoms with E-state index in [4.69, 9.17) is 5.73 Å². The number of nitrogens with zero attached hydrogens (tertiary/aromatic N) is 2. The van der Waals surface area contributed by atoms with Crippen LogP contribution in [0, 0.1) is 5.92 Å². The molecular weight excluding hydrogens is 222 g/mol. The largest absolute Gasteiger partial charge is 0.350 e. The first-order valence-corrected chi connectivity index (χ1v) is 6.65. The first kappa shape index (κ1) is 11.8. The molecule has 1 aromatic carbocycles. The van der Waals surface area contributed by atoms with Crippen molar-refractivity contribution in [1.82, 2.24) is 9.47 Å². The van der Waals surface area contributed by atoms with E-state index in [0.29, 0.717) is 12.0 Å². The first-order valence-electron chi connectivity index (χ1n) is 6.65. The normalized spacial score (nSPS) is 25.1. The molecule has 2 aromatic rings. The second-order valence-electron chi connectivity index (χ2n) is 5.51. The van der Waals surface area contributed by atoms with Crippen LogP contribution < -0.4 is 5.73 Å². The van der Waals surface area contributed by atoms with Gasteiger partial charge in [-0.2, -0.15) is 0 Å². The standard InChI is InChI=1S/C15H21N3/c1-17-9-11(8-16)7-15(17)13-10-18(2)14-6-4-3-5-12(13)14/h3-6,10-11,15H,7-9,16H2,1-2H3. The Hall–Kier alpha value is -1.32. The molecule has 0 spiro atoms. The van der Waals surface area contributed by atoms with Crippen LogP contribution in [0.5, 0.6) is 0 Å². The van der Waals surface area contributed by atoms with Gasteiger partial charge < -0.3 is 10.3 Å². The predicted octanol–water partition coefficient (Wildman–Crippen LogP) is 2.13. The molecule has 2 N–H and O–H groups in total. The molecule has 3 rings (SSSR count). The minimum Gasteiger partial charge on any atom is -0.350 e. The molecule has 1 saturated heterocycles. The Balaban J connectivity index is 2.04. The fourth-order valence-electron chi connectivity index (χ4n) is 3.28. The van der Waals surface area contributed by atoms with Crippen molar-refractivity contribution in [3.8, 4) is 0 Å². The third-order valence-electron chi connectivity index (χ3n) is 4.25. The summed E-state index contributed by atoms with van der Waals surface area (Å²) in [6.07, 6.45) is 3.46. The number of nitrogens with two attached hydrogens (primary N) is 1. The molecule has 1 aliphatic heterocycles. The molecule has 0 aliphatic carbocycles. The van der Waals surface area contributed by atoms with E-state index in [9.17, 15) is 0 Å². The van der Waals surface area contributed by atoms with E-state index in [0.717, 1.165) is 13.1 Å². The Kier molecular flexibility index (Phi) is 2.88. The van der Waals surface area contributed by atoms with Gasteiger partial charge in [-0.1, -0.05) is 18.2 Å². The van der Waals surface area contributed by atoms with E-state index in [2.05, 4.69) is 54.0 Å². The fourth-order valence-corrected chi connectivity index (χ4v) is 3.28. The number of rotatable bonds is 2. The van der Waals surface area contributed by atoms with Crippen molar-refractivity contribution in [2.45, 2.75) is 12.5 Å². The van der Waals surface area contributed by atoms with Gasteiger partial charge in [0.05, 0.1) is 0 Å². The molecule has 2 heterocycles. The highest BCUT2D eigenvalue weighted by atomic mass is 15.2. The Morgan fingerprint density at radius 3 is 2.78 bits per heavy atom. The molecular formula is C15H21N3. The molecule has 0 amide bonds. The average Bonchev–Trinajstić information content (AvgIpc) is 2.91. The molecule has 3 nitrogen and oxygen atoms in total. The number of hydrogen-bond donors (Lipinski definition) is 1. The summed E-state index contributed by atoms with van der Waals surface area (Å²) in [6.45, 7) is 1.91. The number of aromatic nitrogens is 1. The summed E-state index contributed by atoms with van der Waals surface area (Å²) in [6, 6.07) is 9.17. The van der Waals surface area contributed by atoms with Crippen LogP contribution in [0.4, 0.5) is 0 Å².